The van der Waals surface area contributed by atoms with Crippen LogP contribution in [0.5, 0.6) is 0 Å². The van der Waals surface area contributed by atoms with E-state index in [9.17, 15) is 0 Å². The van der Waals surface area contributed by atoms with E-state index in [1.807, 2.05) is 24.4 Å². The molecule has 0 saturated heterocycles. The van der Waals surface area contributed by atoms with Crippen LogP contribution in [0.1, 0.15) is 0 Å². The smallest absolute Gasteiger partial charge is 0.292 e. The van der Waals surface area contributed by atoms with Gasteiger partial charge in [0.2, 0.25) is 0 Å². The number of oxazole rings is 1. The molecule has 0 unspecified atom stereocenters. The van der Waals surface area contributed by atoms with Crippen molar-refractivity contribution in [1.82, 2.24) is 15.2 Å². The van der Waals surface area contributed by atoms with Crippen molar-refractivity contribution in [3.05, 3.63) is 30.6 Å². The Hall–Kier alpha value is -2.30. The van der Waals surface area contributed by atoms with E-state index in [-0.39, 0.29) is 6.01 Å². The van der Waals surface area contributed by atoms with Gasteiger partial charge in [0, 0.05) is 11.8 Å². The van der Waals surface area contributed by atoms with Crippen LogP contribution in [-0.2, 0) is 0 Å². The molecule has 0 saturated carbocycles. The number of aromatic nitrogens is 3. The molecule has 0 bridgehead atoms. The Kier molecular flexibility index (Phi) is 1.53. The van der Waals surface area contributed by atoms with Crippen LogP contribution in [0, 0.1) is 0 Å². The SMILES string of the molecule is Nc1nc2cc(-c3cn[nH]c3)ccc2o1. The molecule has 3 rings (SSSR count). The van der Waals surface area contributed by atoms with Gasteiger partial charge in [0.1, 0.15) is 5.52 Å². The number of nitrogens with one attached hydrogen (secondary N) is 1. The summed E-state index contributed by atoms with van der Waals surface area (Å²) in [5.41, 5.74) is 8.96. The van der Waals surface area contributed by atoms with Crippen LogP contribution in [0.2, 0.25) is 0 Å². The van der Waals surface area contributed by atoms with Crippen LogP contribution >= 0.6 is 0 Å². The van der Waals surface area contributed by atoms with E-state index < -0.39 is 0 Å². The van der Waals surface area contributed by atoms with E-state index in [0.29, 0.717) is 5.58 Å². The average Bonchev–Trinajstić information content (AvgIpc) is 2.82. The molecule has 3 N–H and O–H groups in total. The predicted molar refractivity (Wildman–Crippen MR) is 56.0 cm³/mol. The van der Waals surface area contributed by atoms with Crippen LogP contribution in [0.15, 0.2) is 35.0 Å². The molecule has 0 amide bonds. The van der Waals surface area contributed by atoms with E-state index >= 15 is 0 Å². The summed E-state index contributed by atoms with van der Waals surface area (Å²) in [4.78, 5) is 4.06. The van der Waals surface area contributed by atoms with Crippen molar-refractivity contribution >= 4 is 17.1 Å². The van der Waals surface area contributed by atoms with E-state index in [2.05, 4.69) is 15.2 Å². The molecule has 0 aliphatic heterocycles. The second kappa shape index (κ2) is 2.84. The number of fused-ring (bicyclic) bond motifs is 1. The molecule has 0 radical (unpaired) electrons. The first kappa shape index (κ1) is 8.05. The molecule has 2 heterocycles. The number of anilines is 1. The highest BCUT2D eigenvalue weighted by Crippen LogP contribution is 2.24. The van der Waals surface area contributed by atoms with Gasteiger partial charge in [-0.05, 0) is 17.7 Å². The fourth-order valence-corrected chi connectivity index (χ4v) is 1.53. The summed E-state index contributed by atoms with van der Waals surface area (Å²) in [5, 5.41) is 6.65. The van der Waals surface area contributed by atoms with Gasteiger partial charge in [0.15, 0.2) is 5.58 Å². The number of nitrogen functional groups attached to an aromatic ring is 1. The molecule has 1 aromatic carbocycles. The number of nitrogens with two attached hydrogens (primary N) is 1. The Morgan fingerprint density at radius 1 is 1.27 bits per heavy atom. The van der Waals surface area contributed by atoms with Crippen molar-refractivity contribution in [1.29, 1.82) is 0 Å². The first-order chi connectivity index (χ1) is 7.33. The highest BCUT2D eigenvalue weighted by Gasteiger charge is 2.05. The molecule has 0 spiro atoms. The van der Waals surface area contributed by atoms with Crippen molar-refractivity contribution in [2.24, 2.45) is 0 Å². The molecule has 2 aromatic heterocycles. The Labute approximate surface area is 84.9 Å². The van der Waals surface area contributed by atoms with Gasteiger partial charge in [-0.25, -0.2) is 0 Å². The fourth-order valence-electron chi connectivity index (χ4n) is 1.53. The molecule has 3 aromatic rings. The number of H-pyrrole nitrogens is 1. The fraction of sp³-hybridized carbons (Fsp3) is 0. The summed E-state index contributed by atoms with van der Waals surface area (Å²) < 4.78 is 5.18. The van der Waals surface area contributed by atoms with E-state index in [1.54, 1.807) is 6.20 Å². The van der Waals surface area contributed by atoms with Crippen LogP contribution < -0.4 is 5.73 Å². The lowest BCUT2D eigenvalue weighted by Gasteiger charge is -1.94. The molecule has 15 heavy (non-hydrogen) atoms. The summed E-state index contributed by atoms with van der Waals surface area (Å²) in [7, 11) is 0. The van der Waals surface area contributed by atoms with Gasteiger partial charge < -0.3 is 10.2 Å². The second-order valence-electron chi connectivity index (χ2n) is 3.22. The highest BCUT2D eigenvalue weighted by molar-refractivity contribution is 5.80. The summed E-state index contributed by atoms with van der Waals surface area (Å²) in [6, 6.07) is 5.90. The minimum atomic E-state index is 0.189. The normalized spacial score (nSPS) is 10.9. The molecular weight excluding hydrogens is 192 g/mol. The molecule has 0 aliphatic carbocycles. The number of aromatic amines is 1. The van der Waals surface area contributed by atoms with Gasteiger partial charge in [0.05, 0.1) is 6.20 Å². The van der Waals surface area contributed by atoms with Crippen molar-refractivity contribution in [2.75, 3.05) is 5.73 Å². The van der Waals surface area contributed by atoms with Gasteiger partial charge in [-0.15, -0.1) is 0 Å². The molecule has 5 nitrogen and oxygen atoms in total. The van der Waals surface area contributed by atoms with Gasteiger partial charge >= 0.3 is 0 Å². The zero-order valence-corrected chi connectivity index (χ0v) is 7.77. The average molecular weight is 200 g/mol. The Bertz CT molecular complexity index is 597. The minimum absolute atomic E-state index is 0.189. The predicted octanol–water partition coefficient (Wildman–Crippen LogP) is 1.80. The lowest BCUT2D eigenvalue weighted by atomic mass is 10.1. The third kappa shape index (κ3) is 1.25. The maximum Gasteiger partial charge on any atom is 0.292 e. The van der Waals surface area contributed by atoms with Crippen molar-refractivity contribution in [3.8, 4) is 11.1 Å². The molecular formula is C10H8N4O. The summed E-state index contributed by atoms with van der Waals surface area (Å²) in [5.74, 6) is 0. The van der Waals surface area contributed by atoms with E-state index in [1.165, 1.54) is 0 Å². The van der Waals surface area contributed by atoms with Gasteiger partial charge in [-0.2, -0.15) is 10.1 Å². The minimum Gasteiger partial charge on any atom is -0.424 e. The summed E-state index contributed by atoms with van der Waals surface area (Å²) in [6.45, 7) is 0. The molecule has 0 fully saturated rings. The molecule has 0 aliphatic rings. The standard InChI is InChI=1S/C10H8N4O/c11-10-14-8-3-6(1-2-9(8)15-10)7-4-12-13-5-7/h1-5H,(H2,11,14)(H,12,13). The lowest BCUT2D eigenvalue weighted by Crippen LogP contribution is -1.80. The van der Waals surface area contributed by atoms with Crippen molar-refractivity contribution < 1.29 is 4.42 Å². The third-order valence-corrected chi connectivity index (χ3v) is 2.24. The van der Waals surface area contributed by atoms with Crippen LogP contribution in [-0.4, -0.2) is 15.2 Å². The molecule has 5 heteroatoms. The molecule has 74 valence electrons. The monoisotopic (exact) mass is 200 g/mol. The first-order valence-corrected chi connectivity index (χ1v) is 4.48. The van der Waals surface area contributed by atoms with Crippen molar-refractivity contribution in [2.45, 2.75) is 0 Å². The van der Waals surface area contributed by atoms with Crippen LogP contribution in [0.3, 0.4) is 0 Å². The van der Waals surface area contributed by atoms with Crippen LogP contribution in [0.4, 0.5) is 6.01 Å². The number of nitrogens with zero attached hydrogens (tertiary/aromatic N) is 2. The largest absolute Gasteiger partial charge is 0.424 e. The summed E-state index contributed by atoms with van der Waals surface area (Å²) in [6.07, 6.45) is 3.58. The zero-order valence-electron chi connectivity index (χ0n) is 7.77. The summed E-state index contributed by atoms with van der Waals surface area (Å²) >= 11 is 0. The maximum atomic E-state index is 5.46. The van der Waals surface area contributed by atoms with E-state index in [4.69, 9.17) is 10.2 Å². The Balaban J connectivity index is 2.21. The number of rotatable bonds is 1. The van der Waals surface area contributed by atoms with Crippen LogP contribution in [0.25, 0.3) is 22.2 Å². The van der Waals surface area contributed by atoms with Crippen molar-refractivity contribution in [3.63, 3.8) is 0 Å². The topological polar surface area (TPSA) is 80.7 Å². The maximum absolute atomic E-state index is 5.46. The molecule has 0 atom stereocenters. The second-order valence-corrected chi connectivity index (χ2v) is 3.22. The number of hydrogen-bond donors (Lipinski definition) is 2. The first-order valence-electron chi connectivity index (χ1n) is 4.48. The Morgan fingerprint density at radius 3 is 3.00 bits per heavy atom. The van der Waals surface area contributed by atoms with E-state index in [0.717, 1.165) is 16.6 Å². The third-order valence-electron chi connectivity index (χ3n) is 2.24. The van der Waals surface area contributed by atoms with Gasteiger partial charge in [-0.3, -0.25) is 5.10 Å². The zero-order chi connectivity index (χ0) is 10.3. The van der Waals surface area contributed by atoms with Gasteiger partial charge in [-0.1, -0.05) is 6.07 Å². The number of hydrogen-bond acceptors (Lipinski definition) is 4. The number of benzene rings is 1. The Morgan fingerprint density at radius 2 is 2.20 bits per heavy atom. The quantitative estimate of drug-likeness (QED) is 0.627. The lowest BCUT2D eigenvalue weighted by molar-refractivity contribution is 0.626. The highest BCUT2D eigenvalue weighted by atomic mass is 16.4. The van der Waals surface area contributed by atoms with Gasteiger partial charge in [0.25, 0.3) is 6.01 Å².